The molecule has 23 heavy (non-hydrogen) atoms. The van der Waals surface area contributed by atoms with Crippen LogP contribution in [0.25, 0.3) is 10.8 Å². The maximum atomic E-state index is 12.7. The van der Waals surface area contributed by atoms with Crippen molar-refractivity contribution in [2.24, 2.45) is 5.41 Å². The topological polar surface area (TPSA) is 83.6 Å². The Bertz CT molecular complexity index is 779. The van der Waals surface area contributed by atoms with E-state index in [2.05, 4.69) is 4.98 Å². The Hall–Kier alpha value is -2.15. The SMILES string of the molecule is Cc1ccc(-c2nc(C)c(C(=O)N3CCC(C)(C(=O)O)C3)s2)o1. The summed E-state index contributed by atoms with van der Waals surface area (Å²) in [5.41, 5.74) is -0.220. The lowest BCUT2D eigenvalue weighted by Gasteiger charge is -2.19. The molecule has 0 aliphatic carbocycles. The molecule has 1 atom stereocenters. The molecule has 7 heteroatoms. The highest BCUT2D eigenvalue weighted by molar-refractivity contribution is 7.17. The standard InChI is InChI=1S/C16H18N2O4S/c1-9-4-5-11(22-9)13-17-10(2)12(23-13)14(19)18-7-6-16(3,8-18)15(20)21/h4-5H,6-8H2,1-3H3,(H,20,21). The summed E-state index contributed by atoms with van der Waals surface area (Å²) in [5, 5.41) is 9.96. The molecule has 0 spiro atoms. The molecular weight excluding hydrogens is 316 g/mol. The zero-order valence-electron chi connectivity index (χ0n) is 13.3. The minimum absolute atomic E-state index is 0.153. The van der Waals surface area contributed by atoms with Crippen LogP contribution < -0.4 is 0 Å². The summed E-state index contributed by atoms with van der Waals surface area (Å²) < 4.78 is 5.55. The number of carbonyl (C=O) groups is 2. The van der Waals surface area contributed by atoms with Crippen molar-refractivity contribution in [2.45, 2.75) is 27.2 Å². The van der Waals surface area contributed by atoms with Crippen LogP contribution in [0.1, 0.15) is 34.5 Å². The van der Waals surface area contributed by atoms with Gasteiger partial charge in [0.2, 0.25) is 0 Å². The van der Waals surface area contributed by atoms with Crippen molar-refractivity contribution in [3.05, 3.63) is 28.5 Å². The highest BCUT2D eigenvalue weighted by atomic mass is 32.1. The largest absolute Gasteiger partial charge is 0.481 e. The first kappa shape index (κ1) is 15.7. The van der Waals surface area contributed by atoms with E-state index in [4.69, 9.17) is 4.42 Å². The number of carbonyl (C=O) groups excluding carboxylic acids is 1. The molecule has 0 radical (unpaired) electrons. The van der Waals surface area contributed by atoms with Gasteiger partial charge in [-0.25, -0.2) is 4.98 Å². The van der Waals surface area contributed by atoms with Gasteiger partial charge in [0.05, 0.1) is 11.1 Å². The lowest BCUT2D eigenvalue weighted by atomic mass is 9.90. The molecule has 1 unspecified atom stereocenters. The molecule has 1 aliphatic heterocycles. The molecule has 3 heterocycles. The number of furan rings is 1. The minimum Gasteiger partial charge on any atom is -0.481 e. The van der Waals surface area contributed by atoms with Crippen LogP contribution in [-0.2, 0) is 4.79 Å². The van der Waals surface area contributed by atoms with Crippen LogP contribution in [0.15, 0.2) is 16.5 Å². The van der Waals surface area contributed by atoms with E-state index in [-0.39, 0.29) is 12.5 Å². The van der Waals surface area contributed by atoms with Gasteiger partial charge in [-0.1, -0.05) is 0 Å². The summed E-state index contributed by atoms with van der Waals surface area (Å²) in [7, 11) is 0. The van der Waals surface area contributed by atoms with E-state index in [1.807, 2.05) is 19.1 Å². The van der Waals surface area contributed by atoms with Crippen molar-refractivity contribution in [1.29, 1.82) is 0 Å². The van der Waals surface area contributed by atoms with Gasteiger partial charge < -0.3 is 14.4 Å². The number of hydrogen-bond donors (Lipinski definition) is 1. The molecular formula is C16H18N2O4S. The molecule has 1 N–H and O–H groups in total. The molecule has 0 saturated carbocycles. The van der Waals surface area contributed by atoms with Crippen LogP contribution in [0.2, 0.25) is 0 Å². The van der Waals surface area contributed by atoms with Crippen LogP contribution in [0.4, 0.5) is 0 Å². The second kappa shape index (κ2) is 5.49. The average molecular weight is 334 g/mol. The number of nitrogens with zero attached hydrogens (tertiary/aromatic N) is 2. The Labute approximate surface area is 137 Å². The number of amides is 1. The molecule has 1 amide bonds. The molecule has 2 aromatic rings. The summed E-state index contributed by atoms with van der Waals surface area (Å²) in [6, 6.07) is 3.69. The Morgan fingerprint density at radius 2 is 2.13 bits per heavy atom. The molecule has 1 fully saturated rings. The Morgan fingerprint density at radius 1 is 1.39 bits per heavy atom. The zero-order valence-corrected chi connectivity index (χ0v) is 14.1. The number of carboxylic acid groups (broad SMARTS) is 1. The first-order valence-corrected chi connectivity index (χ1v) is 8.19. The quantitative estimate of drug-likeness (QED) is 0.933. The van der Waals surface area contributed by atoms with E-state index in [1.54, 1.807) is 18.7 Å². The second-order valence-corrected chi connectivity index (χ2v) is 7.19. The molecule has 1 saturated heterocycles. The number of hydrogen-bond acceptors (Lipinski definition) is 5. The number of rotatable bonds is 3. The van der Waals surface area contributed by atoms with Gasteiger partial charge in [0, 0.05) is 13.1 Å². The first-order valence-electron chi connectivity index (χ1n) is 7.37. The fraction of sp³-hybridized carbons (Fsp3) is 0.438. The van der Waals surface area contributed by atoms with E-state index in [1.165, 1.54) is 11.3 Å². The molecule has 122 valence electrons. The smallest absolute Gasteiger partial charge is 0.311 e. The average Bonchev–Trinajstić information content (AvgIpc) is 3.18. The number of aryl methyl sites for hydroxylation is 2. The molecule has 3 rings (SSSR count). The van der Waals surface area contributed by atoms with E-state index in [0.29, 0.717) is 34.3 Å². The van der Waals surface area contributed by atoms with Crippen molar-refractivity contribution >= 4 is 23.2 Å². The van der Waals surface area contributed by atoms with Gasteiger partial charge in [0.25, 0.3) is 5.91 Å². The van der Waals surface area contributed by atoms with Crippen LogP contribution in [0, 0.1) is 19.3 Å². The van der Waals surface area contributed by atoms with Crippen LogP contribution in [0.5, 0.6) is 0 Å². The third kappa shape index (κ3) is 2.76. The Morgan fingerprint density at radius 3 is 2.70 bits per heavy atom. The lowest BCUT2D eigenvalue weighted by Crippen LogP contribution is -2.34. The molecule has 1 aliphatic rings. The summed E-state index contributed by atoms with van der Waals surface area (Å²) in [5.74, 6) is 0.420. The van der Waals surface area contributed by atoms with Crippen LogP contribution in [-0.4, -0.2) is 40.0 Å². The van der Waals surface area contributed by atoms with Crippen molar-refractivity contribution in [2.75, 3.05) is 13.1 Å². The normalized spacial score (nSPS) is 20.9. The lowest BCUT2D eigenvalue weighted by molar-refractivity contribution is -0.147. The first-order chi connectivity index (χ1) is 10.8. The van der Waals surface area contributed by atoms with E-state index in [0.717, 1.165) is 5.76 Å². The summed E-state index contributed by atoms with van der Waals surface area (Å²) >= 11 is 1.29. The fourth-order valence-electron chi connectivity index (χ4n) is 2.70. The number of thiazole rings is 1. The number of aliphatic carboxylic acids is 1. The van der Waals surface area contributed by atoms with E-state index in [9.17, 15) is 14.7 Å². The second-order valence-electron chi connectivity index (χ2n) is 6.19. The summed E-state index contributed by atoms with van der Waals surface area (Å²) in [6.45, 7) is 6.00. The van der Waals surface area contributed by atoms with Gasteiger partial charge in [0.1, 0.15) is 10.6 Å². The Balaban J connectivity index is 1.84. The van der Waals surface area contributed by atoms with Crippen molar-refractivity contribution in [1.82, 2.24) is 9.88 Å². The predicted molar refractivity (Wildman–Crippen MR) is 85.6 cm³/mol. The van der Waals surface area contributed by atoms with Gasteiger partial charge in [-0.3, -0.25) is 9.59 Å². The highest BCUT2D eigenvalue weighted by Crippen LogP contribution is 2.34. The number of aromatic nitrogens is 1. The Kier molecular flexibility index (Phi) is 3.75. The third-order valence-electron chi connectivity index (χ3n) is 4.22. The van der Waals surface area contributed by atoms with Crippen LogP contribution >= 0.6 is 11.3 Å². The van der Waals surface area contributed by atoms with Crippen LogP contribution in [0.3, 0.4) is 0 Å². The fourth-order valence-corrected chi connectivity index (χ4v) is 3.70. The van der Waals surface area contributed by atoms with Gasteiger partial charge in [-0.05, 0) is 39.3 Å². The summed E-state index contributed by atoms with van der Waals surface area (Å²) in [4.78, 5) is 30.6. The van der Waals surface area contributed by atoms with Crippen molar-refractivity contribution in [3.8, 4) is 10.8 Å². The van der Waals surface area contributed by atoms with Gasteiger partial charge in [-0.15, -0.1) is 11.3 Å². The summed E-state index contributed by atoms with van der Waals surface area (Å²) in [6.07, 6.45) is 0.468. The van der Waals surface area contributed by atoms with Crippen molar-refractivity contribution in [3.63, 3.8) is 0 Å². The van der Waals surface area contributed by atoms with Gasteiger partial charge >= 0.3 is 5.97 Å². The van der Waals surface area contributed by atoms with E-state index < -0.39 is 11.4 Å². The molecule has 2 aromatic heterocycles. The maximum Gasteiger partial charge on any atom is 0.311 e. The van der Waals surface area contributed by atoms with Gasteiger partial charge in [0.15, 0.2) is 10.8 Å². The highest BCUT2D eigenvalue weighted by Gasteiger charge is 2.42. The zero-order chi connectivity index (χ0) is 16.8. The minimum atomic E-state index is -0.866. The molecule has 0 aromatic carbocycles. The predicted octanol–water partition coefficient (Wildman–Crippen LogP) is 2.96. The molecule has 6 nitrogen and oxygen atoms in total. The third-order valence-corrected chi connectivity index (χ3v) is 5.38. The van der Waals surface area contributed by atoms with Crippen molar-refractivity contribution < 1.29 is 19.1 Å². The number of likely N-dealkylation sites (tertiary alicyclic amines) is 1. The number of carboxylic acids is 1. The monoisotopic (exact) mass is 334 g/mol. The molecule has 0 bridgehead atoms. The van der Waals surface area contributed by atoms with Gasteiger partial charge in [-0.2, -0.15) is 0 Å². The maximum absolute atomic E-state index is 12.7. The van der Waals surface area contributed by atoms with E-state index >= 15 is 0 Å².